The summed E-state index contributed by atoms with van der Waals surface area (Å²) in [6, 6.07) is 7.87. The van der Waals surface area contributed by atoms with Crippen molar-refractivity contribution in [1.82, 2.24) is 9.78 Å². The molecule has 0 aliphatic rings. The van der Waals surface area contributed by atoms with E-state index in [0.29, 0.717) is 16.6 Å². The van der Waals surface area contributed by atoms with Crippen LogP contribution in [0.5, 0.6) is 0 Å². The van der Waals surface area contributed by atoms with Crippen LogP contribution in [-0.4, -0.2) is 19.8 Å². The fourth-order valence-electron chi connectivity index (χ4n) is 1.46. The minimum atomic E-state index is -0.458. The van der Waals surface area contributed by atoms with E-state index in [1.54, 1.807) is 36.1 Å². The predicted octanol–water partition coefficient (Wildman–Crippen LogP) is 2.14. The number of nitrogens with zero attached hydrogens (tertiary/aromatic N) is 3. The van der Waals surface area contributed by atoms with Crippen LogP contribution in [0.25, 0.3) is 0 Å². The molecule has 1 aromatic carbocycles. The maximum absolute atomic E-state index is 10.6. The molecule has 8 heteroatoms. The monoisotopic (exact) mass is 277 g/mol. The predicted molar refractivity (Wildman–Crippen MR) is 76.1 cm³/mol. The summed E-state index contributed by atoms with van der Waals surface area (Å²) in [5.74, 6) is 0.602. The van der Waals surface area contributed by atoms with E-state index < -0.39 is 4.92 Å². The van der Waals surface area contributed by atoms with Crippen LogP contribution in [0.15, 0.2) is 36.5 Å². The number of benzene rings is 1. The van der Waals surface area contributed by atoms with Crippen molar-refractivity contribution in [2.45, 2.75) is 0 Å². The number of aromatic nitrogens is 2. The normalized spacial score (nSPS) is 9.95. The van der Waals surface area contributed by atoms with Gasteiger partial charge in [0, 0.05) is 37.1 Å². The summed E-state index contributed by atoms with van der Waals surface area (Å²) in [4.78, 5) is 10.2. The zero-order valence-corrected chi connectivity index (χ0v) is 10.8. The highest BCUT2D eigenvalue weighted by Crippen LogP contribution is 2.17. The number of thiocarbonyl (C=S) groups is 1. The van der Waals surface area contributed by atoms with E-state index in [0.717, 1.165) is 0 Å². The first-order valence-corrected chi connectivity index (χ1v) is 5.77. The Labute approximate surface area is 114 Å². The molecule has 0 saturated heterocycles. The largest absolute Gasteiger partial charge is 0.332 e. The smallest absolute Gasteiger partial charge is 0.271 e. The molecule has 0 radical (unpaired) electrons. The second-order valence-electron chi connectivity index (χ2n) is 3.76. The molecule has 7 nitrogen and oxygen atoms in total. The van der Waals surface area contributed by atoms with Crippen molar-refractivity contribution in [2.24, 2.45) is 7.05 Å². The molecule has 0 saturated carbocycles. The van der Waals surface area contributed by atoms with Crippen LogP contribution in [-0.2, 0) is 7.05 Å². The molecule has 0 unspecified atom stereocenters. The number of nitrogens with one attached hydrogen (secondary N) is 2. The second-order valence-corrected chi connectivity index (χ2v) is 4.17. The van der Waals surface area contributed by atoms with Gasteiger partial charge in [-0.25, -0.2) is 0 Å². The van der Waals surface area contributed by atoms with Crippen molar-refractivity contribution in [1.29, 1.82) is 0 Å². The molecular weight excluding hydrogens is 266 g/mol. The zero-order valence-electron chi connectivity index (χ0n) is 10.0. The third-order valence-corrected chi connectivity index (χ3v) is 2.47. The Hall–Kier alpha value is -2.48. The van der Waals surface area contributed by atoms with Gasteiger partial charge in [-0.1, -0.05) is 6.07 Å². The van der Waals surface area contributed by atoms with Gasteiger partial charge in [0.15, 0.2) is 10.9 Å². The Bertz CT molecular complexity index is 625. The summed E-state index contributed by atoms with van der Waals surface area (Å²) in [7, 11) is 1.79. The topological polar surface area (TPSA) is 85.0 Å². The number of rotatable bonds is 3. The van der Waals surface area contributed by atoms with Crippen LogP contribution in [0.1, 0.15) is 0 Å². The Morgan fingerprint density at radius 2 is 2.21 bits per heavy atom. The van der Waals surface area contributed by atoms with Crippen molar-refractivity contribution in [3.8, 4) is 0 Å². The highest BCUT2D eigenvalue weighted by Gasteiger charge is 2.07. The Kier molecular flexibility index (Phi) is 3.71. The first-order chi connectivity index (χ1) is 9.04. The van der Waals surface area contributed by atoms with E-state index in [2.05, 4.69) is 15.7 Å². The quantitative estimate of drug-likeness (QED) is 0.508. The van der Waals surface area contributed by atoms with Gasteiger partial charge in [0.2, 0.25) is 0 Å². The maximum Gasteiger partial charge on any atom is 0.271 e. The minimum absolute atomic E-state index is 0.00522. The Morgan fingerprint density at radius 3 is 2.84 bits per heavy atom. The van der Waals surface area contributed by atoms with Gasteiger partial charge in [-0.05, 0) is 18.3 Å². The lowest BCUT2D eigenvalue weighted by molar-refractivity contribution is -0.384. The van der Waals surface area contributed by atoms with Gasteiger partial charge < -0.3 is 10.6 Å². The lowest BCUT2D eigenvalue weighted by Crippen LogP contribution is -2.19. The molecule has 0 aliphatic heterocycles. The molecule has 0 atom stereocenters. The van der Waals surface area contributed by atoms with Crippen molar-refractivity contribution in [3.05, 3.63) is 46.6 Å². The van der Waals surface area contributed by atoms with Gasteiger partial charge in [0.1, 0.15) is 0 Å². The second kappa shape index (κ2) is 5.44. The molecule has 19 heavy (non-hydrogen) atoms. The lowest BCUT2D eigenvalue weighted by atomic mass is 10.3. The SMILES string of the molecule is Cn1ccc(NC(=S)Nc2cccc([N+](=O)[O-])c2)n1. The molecule has 0 fully saturated rings. The van der Waals surface area contributed by atoms with Gasteiger partial charge in [0.25, 0.3) is 5.69 Å². The number of nitro benzene ring substituents is 1. The molecule has 0 bridgehead atoms. The van der Waals surface area contributed by atoms with Crippen molar-refractivity contribution >= 4 is 34.5 Å². The van der Waals surface area contributed by atoms with Gasteiger partial charge >= 0.3 is 0 Å². The van der Waals surface area contributed by atoms with Gasteiger partial charge in [-0.3, -0.25) is 14.8 Å². The van der Waals surface area contributed by atoms with Crippen molar-refractivity contribution in [3.63, 3.8) is 0 Å². The van der Waals surface area contributed by atoms with E-state index in [1.807, 2.05) is 0 Å². The molecule has 0 aliphatic carbocycles. The molecule has 2 N–H and O–H groups in total. The summed E-state index contributed by atoms with van der Waals surface area (Å²) in [5.41, 5.74) is 0.549. The highest BCUT2D eigenvalue weighted by molar-refractivity contribution is 7.80. The molecule has 0 spiro atoms. The molecular formula is C11H11N5O2S. The third kappa shape index (κ3) is 3.49. The number of hydrogen-bond donors (Lipinski definition) is 2. The van der Waals surface area contributed by atoms with Crippen LogP contribution < -0.4 is 10.6 Å². The van der Waals surface area contributed by atoms with Gasteiger partial charge in [-0.15, -0.1) is 0 Å². The van der Waals surface area contributed by atoms with Crippen LogP contribution in [0, 0.1) is 10.1 Å². The fourth-order valence-corrected chi connectivity index (χ4v) is 1.68. The van der Waals surface area contributed by atoms with E-state index >= 15 is 0 Å². The first-order valence-electron chi connectivity index (χ1n) is 5.37. The third-order valence-electron chi connectivity index (χ3n) is 2.27. The number of nitro groups is 1. The van der Waals surface area contributed by atoms with Crippen LogP contribution >= 0.6 is 12.2 Å². The van der Waals surface area contributed by atoms with Crippen molar-refractivity contribution in [2.75, 3.05) is 10.6 Å². The standard InChI is InChI=1S/C11H11N5O2S/c1-15-6-5-10(14-15)13-11(19)12-8-3-2-4-9(7-8)16(17)18/h2-7H,1H3,(H2,12,13,14,19). The molecule has 0 amide bonds. The maximum atomic E-state index is 10.6. The summed E-state index contributed by atoms with van der Waals surface area (Å²) in [6.45, 7) is 0. The Morgan fingerprint density at radius 1 is 1.42 bits per heavy atom. The average molecular weight is 277 g/mol. The number of aryl methyl sites for hydroxylation is 1. The van der Waals surface area contributed by atoms with E-state index in [-0.39, 0.29) is 5.69 Å². The summed E-state index contributed by atoms with van der Waals surface area (Å²) < 4.78 is 1.64. The molecule has 1 heterocycles. The molecule has 1 aromatic heterocycles. The van der Waals surface area contributed by atoms with Gasteiger partial charge in [0.05, 0.1) is 4.92 Å². The average Bonchev–Trinajstić information content (AvgIpc) is 2.74. The van der Waals surface area contributed by atoms with Crippen LogP contribution in [0.3, 0.4) is 0 Å². The number of non-ortho nitro benzene ring substituents is 1. The minimum Gasteiger partial charge on any atom is -0.332 e. The van der Waals surface area contributed by atoms with Crippen LogP contribution in [0.2, 0.25) is 0 Å². The lowest BCUT2D eigenvalue weighted by Gasteiger charge is -2.08. The summed E-state index contributed by atoms with van der Waals surface area (Å²) in [5, 5.41) is 20.8. The number of anilines is 2. The first kappa shape index (κ1) is 13.0. The number of hydrogen-bond acceptors (Lipinski definition) is 4. The zero-order chi connectivity index (χ0) is 13.8. The van der Waals surface area contributed by atoms with E-state index in [9.17, 15) is 10.1 Å². The summed E-state index contributed by atoms with van der Waals surface area (Å²) >= 11 is 5.09. The Balaban J connectivity index is 2.02. The van der Waals surface area contributed by atoms with E-state index in [1.165, 1.54) is 12.1 Å². The summed E-state index contributed by atoms with van der Waals surface area (Å²) in [6.07, 6.45) is 1.78. The van der Waals surface area contributed by atoms with Gasteiger partial charge in [-0.2, -0.15) is 5.10 Å². The molecule has 98 valence electrons. The van der Waals surface area contributed by atoms with Crippen molar-refractivity contribution < 1.29 is 4.92 Å². The molecule has 2 aromatic rings. The van der Waals surface area contributed by atoms with E-state index in [4.69, 9.17) is 12.2 Å². The van der Waals surface area contributed by atoms with Crippen LogP contribution in [0.4, 0.5) is 17.2 Å². The molecule has 2 rings (SSSR count). The fraction of sp³-hybridized carbons (Fsp3) is 0.0909. The highest BCUT2D eigenvalue weighted by atomic mass is 32.1.